The summed E-state index contributed by atoms with van der Waals surface area (Å²) in [6.45, 7) is 1.68. The molecule has 0 aromatic heterocycles. The van der Waals surface area contributed by atoms with Crippen LogP contribution in [-0.4, -0.2) is 11.2 Å². The molecule has 0 fully saturated rings. The summed E-state index contributed by atoms with van der Waals surface area (Å²) in [5.74, 6) is 5.54. The lowest BCUT2D eigenvalue weighted by atomic mass is 10.2. The molecule has 3 nitrogen and oxygen atoms in total. The highest BCUT2D eigenvalue weighted by atomic mass is 127. The van der Waals surface area contributed by atoms with Crippen LogP contribution in [0.25, 0.3) is 0 Å². The quantitative estimate of drug-likeness (QED) is 0.610. The molecule has 0 atom stereocenters. The Morgan fingerprint density at radius 2 is 2.27 bits per heavy atom. The number of anilines is 1. The van der Waals surface area contributed by atoms with E-state index in [-0.39, 0.29) is 0 Å². The van der Waals surface area contributed by atoms with E-state index in [1.54, 1.807) is 19.1 Å². The molecule has 0 saturated heterocycles. The number of nitrogens with one attached hydrogen (secondary N) is 1. The second kappa shape index (κ2) is 5.24. The smallest absolute Gasteiger partial charge is 0.409 e. The van der Waals surface area contributed by atoms with E-state index in [1.807, 2.05) is 22.6 Å². The first-order chi connectivity index (χ1) is 7.06. The molecule has 1 aromatic rings. The molecule has 0 saturated carbocycles. The lowest BCUT2D eigenvalue weighted by Crippen LogP contribution is -2.09. The molecule has 5 heteroatoms. The van der Waals surface area contributed by atoms with Gasteiger partial charge in [0.25, 0.3) is 0 Å². The molecule has 1 aromatic carbocycles. The Hall–Kier alpha value is -0.930. The van der Waals surface area contributed by atoms with Crippen LogP contribution in [-0.2, 0) is 0 Å². The van der Waals surface area contributed by atoms with Crippen LogP contribution in [0, 0.1) is 15.4 Å². The normalized spacial score (nSPS) is 9.00. The summed E-state index contributed by atoms with van der Waals surface area (Å²) in [5.41, 5.74) is 1.05. The average molecular weight is 336 g/mol. The molecule has 0 bridgehead atoms. The summed E-state index contributed by atoms with van der Waals surface area (Å²) < 4.78 is 0.745. The van der Waals surface area contributed by atoms with Gasteiger partial charge in [-0.2, -0.15) is 0 Å². The minimum Gasteiger partial charge on any atom is -0.465 e. The highest BCUT2D eigenvalue weighted by molar-refractivity contribution is 14.1. The second-order valence-corrected chi connectivity index (χ2v) is 4.08. The van der Waals surface area contributed by atoms with E-state index in [1.165, 1.54) is 0 Å². The summed E-state index contributed by atoms with van der Waals surface area (Å²) in [6, 6.07) is 3.23. The van der Waals surface area contributed by atoms with Crippen LogP contribution in [0.15, 0.2) is 12.1 Å². The zero-order chi connectivity index (χ0) is 11.4. The molecular formula is C10H7ClINO2. The van der Waals surface area contributed by atoms with Crippen LogP contribution in [0.2, 0.25) is 5.02 Å². The first-order valence-corrected chi connectivity index (χ1v) is 5.42. The molecule has 0 aliphatic rings. The van der Waals surface area contributed by atoms with Crippen molar-refractivity contribution in [2.45, 2.75) is 6.92 Å². The first-order valence-electron chi connectivity index (χ1n) is 3.97. The molecule has 0 aliphatic carbocycles. The molecule has 0 unspecified atom stereocenters. The minimum atomic E-state index is -1.12. The van der Waals surface area contributed by atoms with E-state index in [2.05, 4.69) is 17.2 Å². The summed E-state index contributed by atoms with van der Waals surface area (Å²) in [6.07, 6.45) is -1.12. The minimum absolute atomic E-state index is 0.450. The number of hydrogen-bond acceptors (Lipinski definition) is 1. The number of carbonyl (C=O) groups is 1. The maximum Gasteiger partial charge on any atom is 0.409 e. The molecule has 0 spiro atoms. The number of halogens is 2. The molecule has 15 heavy (non-hydrogen) atoms. The van der Waals surface area contributed by atoms with Gasteiger partial charge in [0.1, 0.15) is 0 Å². The van der Waals surface area contributed by atoms with Gasteiger partial charge in [-0.1, -0.05) is 17.5 Å². The van der Waals surface area contributed by atoms with Gasteiger partial charge in [-0.25, -0.2) is 4.79 Å². The summed E-state index contributed by atoms with van der Waals surface area (Å²) in [5, 5.41) is 11.5. The van der Waals surface area contributed by atoms with Crippen LogP contribution in [0.5, 0.6) is 0 Å². The maximum absolute atomic E-state index is 10.5. The van der Waals surface area contributed by atoms with Gasteiger partial charge in [0.05, 0.1) is 16.3 Å². The lowest BCUT2D eigenvalue weighted by molar-refractivity contribution is 0.209. The third-order valence-electron chi connectivity index (χ3n) is 1.59. The Morgan fingerprint density at radius 1 is 1.60 bits per heavy atom. The fourth-order valence-electron chi connectivity index (χ4n) is 1.02. The van der Waals surface area contributed by atoms with Crippen LogP contribution in [0.3, 0.4) is 0 Å². The van der Waals surface area contributed by atoms with E-state index in [0.717, 1.165) is 3.57 Å². The lowest BCUT2D eigenvalue weighted by Gasteiger charge is -2.07. The fourth-order valence-corrected chi connectivity index (χ4v) is 1.78. The van der Waals surface area contributed by atoms with Crippen LogP contribution in [0.4, 0.5) is 10.5 Å². The summed E-state index contributed by atoms with van der Waals surface area (Å²) >= 11 is 7.94. The van der Waals surface area contributed by atoms with Gasteiger partial charge in [0.2, 0.25) is 0 Å². The third-order valence-corrected chi connectivity index (χ3v) is 3.34. The molecule has 2 N–H and O–H groups in total. The molecule has 0 radical (unpaired) electrons. The molecule has 0 heterocycles. The average Bonchev–Trinajstić information content (AvgIpc) is 2.17. The van der Waals surface area contributed by atoms with Gasteiger partial charge in [-0.15, -0.1) is 5.92 Å². The topological polar surface area (TPSA) is 49.3 Å². The Labute approximate surface area is 106 Å². The molecule has 1 rings (SSSR count). The maximum atomic E-state index is 10.5. The summed E-state index contributed by atoms with van der Waals surface area (Å²) in [7, 11) is 0. The number of rotatable bonds is 1. The number of hydrogen-bond donors (Lipinski definition) is 2. The van der Waals surface area contributed by atoms with E-state index in [0.29, 0.717) is 16.3 Å². The van der Waals surface area contributed by atoms with Crippen molar-refractivity contribution in [3.05, 3.63) is 26.3 Å². The van der Waals surface area contributed by atoms with Crippen LogP contribution in [0.1, 0.15) is 12.5 Å². The Bertz CT molecular complexity index is 462. The van der Waals surface area contributed by atoms with Crippen molar-refractivity contribution in [1.82, 2.24) is 0 Å². The van der Waals surface area contributed by atoms with E-state index in [9.17, 15) is 4.79 Å². The second-order valence-electron chi connectivity index (χ2n) is 2.59. The van der Waals surface area contributed by atoms with Crippen molar-refractivity contribution >= 4 is 46.0 Å². The van der Waals surface area contributed by atoms with Gasteiger partial charge in [0, 0.05) is 3.57 Å². The Balaban J connectivity index is 3.30. The van der Waals surface area contributed by atoms with E-state index < -0.39 is 6.09 Å². The number of amides is 1. The highest BCUT2D eigenvalue weighted by Gasteiger charge is 2.09. The van der Waals surface area contributed by atoms with Gasteiger partial charge in [-0.3, -0.25) is 5.32 Å². The van der Waals surface area contributed by atoms with Crippen molar-refractivity contribution in [3.63, 3.8) is 0 Å². The number of carboxylic acid groups (broad SMARTS) is 1. The zero-order valence-corrected chi connectivity index (χ0v) is 10.7. The van der Waals surface area contributed by atoms with Gasteiger partial charge in [-0.05, 0) is 41.6 Å². The summed E-state index contributed by atoms with van der Waals surface area (Å²) in [4.78, 5) is 10.5. The largest absolute Gasteiger partial charge is 0.465 e. The van der Waals surface area contributed by atoms with Crippen molar-refractivity contribution < 1.29 is 9.90 Å². The van der Waals surface area contributed by atoms with Gasteiger partial charge in [0.15, 0.2) is 0 Å². The van der Waals surface area contributed by atoms with Gasteiger partial charge < -0.3 is 5.11 Å². The Kier molecular flexibility index (Phi) is 4.24. The zero-order valence-electron chi connectivity index (χ0n) is 7.77. The van der Waals surface area contributed by atoms with E-state index >= 15 is 0 Å². The van der Waals surface area contributed by atoms with Crippen LogP contribution >= 0.6 is 34.2 Å². The molecular weight excluding hydrogens is 328 g/mol. The third kappa shape index (κ3) is 3.01. The van der Waals surface area contributed by atoms with Crippen molar-refractivity contribution in [2.24, 2.45) is 0 Å². The van der Waals surface area contributed by atoms with Crippen molar-refractivity contribution in [2.75, 3.05) is 5.32 Å². The van der Waals surface area contributed by atoms with Crippen LogP contribution < -0.4 is 5.32 Å². The predicted octanol–water partition coefficient (Wildman–Crippen LogP) is 3.41. The predicted molar refractivity (Wildman–Crippen MR) is 68.4 cm³/mol. The standard InChI is InChI=1S/C10H7ClINO2/c1-2-3-6-8(13-10(14)15)5-4-7(11)9(6)12/h4-5,13H,1H3,(H,14,15). The monoisotopic (exact) mass is 335 g/mol. The van der Waals surface area contributed by atoms with Crippen molar-refractivity contribution in [1.29, 1.82) is 0 Å². The Morgan fingerprint density at radius 3 is 2.80 bits per heavy atom. The number of benzene rings is 1. The molecule has 78 valence electrons. The first kappa shape index (κ1) is 12.1. The van der Waals surface area contributed by atoms with E-state index in [4.69, 9.17) is 16.7 Å². The SMILES string of the molecule is CC#Cc1c(NC(=O)O)ccc(Cl)c1I. The highest BCUT2D eigenvalue weighted by Crippen LogP contribution is 2.27. The fraction of sp³-hybridized carbons (Fsp3) is 0.100. The molecule has 1 amide bonds. The van der Waals surface area contributed by atoms with Gasteiger partial charge >= 0.3 is 6.09 Å². The van der Waals surface area contributed by atoms with Crippen molar-refractivity contribution in [3.8, 4) is 11.8 Å². The molecule has 0 aliphatic heterocycles.